The number of aromatic nitrogens is 1. The second-order valence-electron chi connectivity index (χ2n) is 7.21. The molecular weight excluding hydrogens is 358 g/mol. The van der Waals surface area contributed by atoms with E-state index in [2.05, 4.69) is 11.0 Å². The summed E-state index contributed by atoms with van der Waals surface area (Å²) in [6, 6.07) is 14.0. The Morgan fingerprint density at radius 1 is 1.19 bits per heavy atom. The van der Waals surface area contributed by atoms with Gasteiger partial charge in [0.1, 0.15) is 5.01 Å². The van der Waals surface area contributed by atoms with Crippen LogP contribution in [0.2, 0.25) is 0 Å². The Bertz CT molecular complexity index is 1040. The third-order valence-electron chi connectivity index (χ3n) is 5.41. The quantitative estimate of drug-likeness (QED) is 0.649. The minimum atomic E-state index is -0.425. The van der Waals surface area contributed by atoms with Crippen LogP contribution in [0, 0.1) is 6.92 Å². The molecule has 1 fully saturated rings. The van der Waals surface area contributed by atoms with Gasteiger partial charge < -0.3 is 0 Å². The molecule has 5 nitrogen and oxygen atoms in total. The Morgan fingerprint density at radius 3 is 2.89 bits per heavy atom. The van der Waals surface area contributed by atoms with Crippen LogP contribution in [0.15, 0.2) is 42.5 Å². The second-order valence-corrected chi connectivity index (χ2v) is 8.28. The van der Waals surface area contributed by atoms with Gasteiger partial charge in [-0.25, -0.2) is 4.98 Å². The lowest BCUT2D eigenvalue weighted by Crippen LogP contribution is -2.40. The van der Waals surface area contributed by atoms with Crippen LogP contribution in [-0.2, 0) is 4.79 Å². The molecule has 0 saturated carbocycles. The van der Waals surface area contributed by atoms with Gasteiger partial charge in [0.15, 0.2) is 0 Å². The number of likely N-dealkylation sites (tertiary alicyclic amines) is 1. The van der Waals surface area contributed by atoms with E-state index in [1.54, 1.807) is 16.2 Å². The number of nitrogens with zero attached hydrogens (tertiary/aromatic N) is 3. The van der Waals surface area contributed by atoms with E-state index in [1.807, 2.05) is 43.3 Å². The molecule has 0 spiro atoms. The summed E-state index contributed by atoms with van der Waals surface area (Å²) in [6.07, 6.45) is 2.09. The first-order valence-electron chi connectivity index (χ1n) is 9.18. The van der Waals surface area contributed by atoms with Crippen molar-refractivity contribution in [2.24, 2.45) is 0 Å². The lowest BCUT2D eigenvalue weighted by Gasteiger charge is -2.28. The van der Waals surface area contributed by atoms with Crippen LogP contribution < -0.4 is 4.90 Å². The molecule has 0 aliphatic carbocycles. The number of hydrogen-bond acceptors (Lipinski definition) is 5. The van der Waals surface area contributed by atoms with Gasteiger partial charge in [0.05, 0.1) is 34.2 Å². The van der Waals surface area contributed by atoms with Gasteiger partial charge in [-0.15, -0.1) is 11.3 Å². The molecule has 27 heavy (non-hydrogen) atoms. The molecule has 1 aromatic heterocycles. The van der Waals surface area contributed by atoms with E-state index < -0.39 is 11.7 Å². The van der Waals surface area contributed by atoms with Crippen molar-refractivity contribution in [3.05, 3.63) is 58.6 Å². The number of fused-ring (bicyclic) bond motifs is 2. The molecule has 0 unspecified atom stereocenters. The minimum Gasteiger partial charge on any atom is -0.291 e. The zero-order valence-electron chi connectivity index (χ0n) is 15.0. The molecule has 5 rings (SSSR count). The van der Waals surface area contributed by atoms with Crippen molar-refractivity contribution in [3.63, 3.8) is 0 Å². The standard InChI is InChI=1S/C21H19N3O2S/c1-13-8-9-16-14(11-13)19(25)21(26)24(16)12-23-10-4-6-17(23)20-22-15-5-2-3-7-18(15)27-20/h2-3,5,7-9,11,17H,4,6,10,12H2,1H3/t17-/m0/s1. The van der Waals surface area contributed by atoms with Crippen LogP contribution in [0.1, 0.15) is 39.8 Å². The molecule has 3 heterocycles. The van der Waals surface area contributed by atoms with Gasteiger partial charge in [-0.2, -0.15) is 0 Å². The summed E-state index contributed by atoms with van der Waals surface area (Å²) in [7, 11) is 0. The number of carbonyl (C=O) groups excluding carboxylic acids is 2. The molecule has 1 saturated heterocycles. The van der Waals surface area contributed by atoms with Crippen molar-refractivity contribution in [3.8, 4) is 0 Å². The van der Waals surface area contributed by atoms with Crippen LogP contribution >= 0.6 is 11.3 Å². The predicted octanol–water partition coefficient (Wildman–Crippen LogP) is 3.93. The summed E-state index contributed by atoms with van der Waals surface area (Å²) in [5.41, 5.74) is 3.27. The number of benzene rings is 2. The van der Waals surface area contributed by atoms with Crippen LogP contribution in [0.25, 0.3) is 10.2 Å². The van der Waals surface area contributed by atoms with E-state index in [4.69, 9.17) is 4.98 Å². The molecular formula is C21H19N3O2S. The van der Waals surface area contributed by atoms with Crippen molar-refractivity contribution in [1.29, 1.82) is 0 Å². The van der Waals surface area contributed by atoms with Crippen LogP contribution in [0.4, 0.5) is 5.69 Å². The molecule has 0 radical (unpaired) electrons. The number of Topliss-reactive ketones (excluding diaryl/α,β-unsaturated/α-hetero) is 1. The number of amides is 1. The maximum atomic E-state index is 12.6. The molecule has 3 aromatic rings. The minimum absolute atomic E-state index is 0.194. The molecule has 136 valence electrons. The molecule has 1 atom stereocenters. The average molecular weight is 377 g/mol. The number of para-hydroxylation sites is 1. The largest absolute Gasteiger partial charge is 0.300 e. The third kappa shape index (κ3) is 2.67. The summed E-state index contributed by atoms with van der Waals surface area (Å²) in [6.45, 7) is 3.27. The lowest BCUT2D eigenvalue weighted by molar-refractivity contribution is -0.114. The van der Waals surface area contributed by atoms with Gasteiger partial charge in [0, 0.05) is 6.54 Å². The van der Waals surface area contributed by atoms with Crippen molar-refractivity contribution in [1.82, 2.24) is 9.88 Å². The van der Waals surface area contributed by atoms with Crippen LogP contribution in [-0.4, -0.2) is 34.8 Å². The molecule has 2 aliphatic heterocycles. The smallest absolute Gasteiger partial charge is 0.291 e. The van der Waals surface area contributed by atoms with Crippen LogP contribution in [0.3, 0.4) is 0 Å². The van der Waals surface area contributed by atoms with E-state index in [0.717, 1.165) is 41.2 Å². The summed E-state index contributed by atoms with van der Waals surface area (Å²) < 4.78 is 1.19. The number of thiazole rings is 1. The maximum Gasteiger partial charge on any atom is 0.300 e. The number of carbonyl (C=O) groups is 2. The van der Waals surface area contributed by atoms with E-state index in [1.165, 1.54) is 4.70 Å². The number of anilines is 1. The molecule has 0 bridgehead atoms. The summed E-state index contributed by atoms with van der Waals surface area (Å²) in [5.74, 6) is -0.824. The van der Waals surface area contributed by atoms with Crippen molar-refractivity contribution >= 4 is 38.9 Å². The Labute approximate surface area is 161 Å². The first kappa shape index (κ1) is 16.6. The summed E-state index contributed by atoms with van der Waals surface area (Å²) in [4.78, 5) is 33.7. The molecule has 6 heteroatoms. The van der Waals surface area contributed by atoms with Gasteiger partial charge >= 0.3 is 5.91 Å². The van der Waals surface area contributed by atoms with E-state index >= 15 is 0 Å². The topological polar surface area (TPSA) is 53.5 Å². The first-order valence-corrected chi connectivity index (χ1v) is 10.00. The van der Waals surface area contributed by atoms with Crippen molar-refractivity contribution in [2.45, 2.75) is 25.8 Å². The summed E-state index contributed by atoms with van der Waals surface area (Å²) >= 11 is 1.72. The van der Waals surface area contributed by atoms with E-state index in [9.17, 15) is 9.59 Å². The third-order valence-corrected chi connectivity index (χ3v) is 6.55. The Kier molecular flexibility index (Phi) is 3.84. The second kappa shape index (κ2) is 6.25. The predicted molar refractivity (Wildman–Crippen MR) is 106 cm³/mol. The fourth-order valence-corrected chi connectivity index (χ4v) is 5.18. The fourth-order valence-electron chi connectivity index (χ4n) is 4.04. The highest BCUT2D eigenvalue weighted by molar-refractivity contribution is 7.18. The van der Waals surface area contributed by atoms with Gasteiger partial charge in [0.25, 0.3) is 5.78 Å². The van der Waals surface area contributed by atoms with Crippen molar-refractivity contribution in [2.75, 3.05) is 18.1 Å². The van der Waals surface area contributed by atoms with Gasteiger partial charge in [-0.3, -0.25) is 19.4 Å². The van der Waals surface area contributed by atoms with E-state index in [-0.39, 0.29) is 6.04 Å². The highest BCUT2D eigenvalue weighted by Gasteiger charge is 2.39. The SMILES string of the molecule is Cc1ccc2c(c1)C(=O)C(=O)N2CN1CCC[C@H]1c1nc2ccccc2s1. The average Bonchev–Trinajstić information content (AvgIpc) is 3.35. The van der Waals surface area contributed by atoms with Gasteiger partial charge in [0.2, 0.25) is 0 Å². The number of hydrogen-bond donors (Lipinski definition) is 0. The molecule has 2 aliphatic rings. The lowest BCUT2D eigenvalue weighted by atomic mass is 10.1. The highest BCUT2D eigenvalue weighted by Crippen LogP contribution is 2.38. The molecule has 0 N–H and O–H groups in total. The maximum absolute atomic E-state index is 12.6. The van der Waals surface area contributed by atoms with Crippen molar-refractivity contribution < 1.29 is 9.59 Å². The fraction of sp³-hybridized carbons (Fsp3) is 0.286. The Balaban J connectivity index is 1.45. The first-order chi connectivity index (χ1) is 13.1. The van der Waals surface area contributed by atoms with Gasteiger partial charge in [-0.05, 0) is 44.0 Å². The Hall–Kier alpha value is -2.57. The zero-order chi connectivity index (χ0) is 18.5. The molecule has 2 aromatic carbocycles. The normalized spacial score (nSPS) is 20.0. The Morgan fingerprint density at radius 2 is 2.04 bits per heavy atom. The highest BCUT2D eigenvalue weighted by atomic mass is 32.1. The monoisotopic (exact) mass is 377 g/mol. The van der Waals surface area contributed by atoms with Gasteiger partial charge in [-0.1, -0.05) is 23.8 Å². The van der Waals surface area contributed by atoms with Crippen LogP contribution in [0.5, 0.6) is 0 Å². The number of rotatable bonds is 3. The summed E-state index contributed by atoms with van der Waals surface area (Å²) in [5, 5.41) is 1.09. The number of aryl methyl sites for hydroxylation is 1. The molecule has 1 amide bonds. The zero-order valence-corrected chi connectivity index (χ0v) is 15.8. The number of ketones is 1. The van der Waals surface area contributed by atoms with E-state index in [0.29, 0.717) is 12.2 Å².